The molecular formula is C12H15NO4. The Labute approximate surface area is 99.5 Å². The van der Waals surface area contributed by atoms with E-state index in [4.69, 9.17) is 9.47 Å². The number of hydrogen-bond donors (Lipinski definition) is 0. The molecule has 0 amide bonds. The molecule has 1 aromatic carbocycles. The van der Waals surface area contributed by atoms with Gasteiger partial charge in [-0.1, -0.05) is 12.1 Å². The van der Waals surface area contributed by atoms with Gasteiger partial charge in [-0.2, -0.15) is 0 Å². The summed E-state index contributed by atoms with van der Waals surface area (Å²) in [7, 11) is 0. The van der Waals surface area contributed by atoms with Crippen molar-refractivity contribution in [3.63, 3.8) is 0 Å². The molecule has 2 atom stereocenters. The van der Waals surface area contributed by atoms with E-state index < -0.39 is 16.8 Å². The Morgan fingerprint density at radius 2 is 1.94 bits per heavy atom. The molecule has 2 rings (SSSR count). The lowest BCUT2D eigenvalue weighted by Gasteiger charge is -2.16. The SMILES string of the molecule is C[C@H]1OC(C)(C)O[C@@H]1c1ccccc1[N+](=O)[O-]. The van der Waals surface area contributed by atoms with Gasteiger partial charge in [0.15, 0.2) is 5.79 Å². The lowest BCUT2D eigenvalue weighted by molar-refractivity contribution is -0.386. The van der Waals surface area contributed by atoms with E-state index >= 15 is 0 Å². The predicted molar refractivity (Wildman–Crippen MR) is 61.5 cm³/mol. The fourth-order valence-corrected chi connectivity index (χ4v) is 2.15. The Morgan fingerprint density at radius 3 is 2.47 bits per heavy atom. The van der Waals surface area contributed by atoms with Crippen LogP contribution in [0.5, 0.6) is 0 Å². The van der Waals surface area contributed by atoms with Gasteiger partial charge in [0, 0.05) is 6.07 Å². The van der Waals surface area contributed by atoms with Crippen LogP contribution in [0.1, 0.15) is 32.4 Å². The Balaban J connectivity index is 2.38. The maximum Gasteiger partial charge on any atom is 0.275 e. The smallest absolute Gasteiger partial charge is 0.275 e. The maximum absolute atomic E-state index is 11.0. The van der Waals surface area contributed by atoms with Gasteiger partial charge in [0.1, 0.15) is 6.10 Å². The maximum atomic E-state index is 11.0. The Kier molecular flexibility index (Phi) is 2.89. The minimum atomic E-state index is -0.701. The molecule has 5 nitrogen and oxygen atoms in total. The van der Waals surface area contributed by atoms with Crippen molar-refractivity contribution in [2.75, 3.05) is 0 Å². The van der Waals surface area contributed by atoms with Crippen LogP contribution in [-0.4, -0.2) is 16.8 Å². The minimum Gasteiger partial charge on any atom is -0.344 e. The molecule has 0 saturated carbocycles. The molecule has 0 N–H and O–H groups in total. The van der Waals surface area contributed by atoms with E-state index in [0.29, 0.717) is 5.56 Å². The van der Waals surface area contributed by atoms with E-state index in [-0.39, 0.29) is 11.8 Å². The largest absolute Gasteiger partial charge is 0.344 e. The van der Waals surface area contributed by atoms with E-state index in [1.54, 1.807) is 32.0 Å². The molecule has 0 spiro atoms. The standard InChI is InChI=1S/C12H15NO4/c1-8-11(17-12(2,3)16-8)9-6-4-5-7-10(9)13(14)15/h4-8,11H,1-3H3/t8-,11+/m1/s1. The van der Waals surface area contributed by atoms with Gasteiger partial charge in [-0.25, -0.2) is 0 Å². The highest BCUT2D eigenvalue weighted by molar-refractivity contribution is 5.42. The first-order chi connectivity index (χ1) is 7.91. The number of benzene rings is 1. The molecule has 1 aliphatic heterocycles. The van der Waals surface area contributed by atoms with Crippen LogP contribution in [0.15, 0.2) is 24.3 Å². The first-order valence-electron chi connectivity index (χ1n) is 5.50. The molecular weight excluding hydrogens is 222 g/mol. The lowest BCUT2D eigenvalue weighted by atomic mass is 10.0. The number of nitro benzene ring substituents is 1. The van der Waals surface area contributed by atoms with Crippen LogP contribution in [0.4, 0.5) is 5.69 Å². The van der Waals surface area contributed by atoms with Gasteiger partial charge in [0.2, 0.25) is 0 Å². The van der Waals surface area contributed by atoms with Crippen molar-refractivity contribution in [1.82, 2.24) is 0 Å². The second kappa shape index (κ2) is 4.09. The molecule has 17 heavy (non-hydrogen) atoms. The summed E-state index contributed by atoms with van der Waals surface area (Å²) in [5.74, 6) is -0.701. The molecule has 0 aliphatic carbocycles. The average Bonchev–Trinajstić information content (AvgIpc) is 2.52. The van der Waals surface area contributed by atoms with Crippen molar-refractivity contribution in [2.45, 2.75) is 38.8 Å². The summed E-state index contributed by atoms with van der Waals surface area (Å²) in [6.45, 7) is 5.46. The monoisotopic (exact) mass is 237 g/mol. The molecule has 0 radical (unpaired) electrons. The van der Waals surface area contributed by atoms with Gasteiger partial charge < -0.3 is 9.47 Å². The van der Waals surface area contributed by atoms with Crippen LogP contribution >= 0.6 is 0 Å². The van der Waals surface area contributed by atoms with Crippen molar-refractivity contribution in [3.05, 3.63) is 39.9 Å². The van der Waals surface area contributed by atoms with Crippen LogP contribution in [0.2, 0.25) is 0 Å². The highest BCUT2D eigenvalue weighted by Gasteiger charge is 2.41. The average molecular weight is 237 g/mol. The third-order valence-electron chi connectivity index (χ3n) is 2.75. The van der Waals surface area contributed by atoms with Gasteiger partial charge in [0.25, 0.3) is 5.69 Å². The lowest BCUT2D eigenvalue weighted by Crippen LogP contribution is -2.20. The number of para-hydroxylation sites is 1. The van der Waals surface area contributed by atoms with E-state index in [9.17, 15) is 10.1 Å². The first kappa shape index (κ1) is 12.0. The quantitative estimate of drug-likeness (QED) is 0.586. The van der Waals surface area contributed by atoms with Crippen molar-refractivity contribution in [3.8, 4) is 0 Å². The first-order valence-corrected chi connectivity index (χ1v) is 5.50. The second-order valence-electron chi connectivity index (χ2n) is 4.58. The number of hydrogen-bond acceptors (Lipinski definition) is 4. The summed E-state index contributed by atoms with van der Waals surface area (Å²) >= 11 is 0. The predicted octanol–water partition coefficient (Wildman–Crippen LogP) is 2.81. The summed E-state index contributed by atoms with van der Waals surface area (Å²) in [5, 5.41) is 11.0. The molecule has 0 unspecified atom stereocenters. The Hall–Kier alpha value is -1.46. The van der Waals surface area contributed by atoms with Gasteiger partial charge >= 0.3 is 0 Å². The summed E-state index contributed by atoms with van der Waals surface area (Å²) in [5.41, 5.74) is 0.640. The zero-order valence-corrected chi connectivity index (χ0v) is 10.0. The van der Waals surface area contributed by atoms with E-state index in [0.717, 1.165) is 0 Å². The normalized spacial score (nSPS) is 27.0. The zero-order chi connectivity index (χ0) is 12.6. The zero-order valence-electron chi connectivity index (χ0n) is 10.0. The van der Waals surface area contributed by atoms with Crippen LogP contribution in [-0.2, 0) is 9.47 Å². The number of nitro groups is 1. The summed E-state index contributed by atoms with van der Waals surface area (Å²) < 4.78 is 11.3. The van der Waals surface area contributed by atoms with Crippen molar-refractivity contribution in [1.29, 1.82) is 0 Å². The topological polar surface area (TPSA) is 61.6 Å². The van der Waals surface area contributed by atoms with Gasteiger partial charge in [0.05, 0.1) is 16.6 Å². The van der Waals surface area contributed by atoms with E-state index in [1.807, 2.05) is 6.92 Å². The van der Waals surface area contributed by atoms with Gasteiger partial charge in [-0.15, -0.1) is 0 Å². The molecule has 1 heterocycles. The van der Waals surface area contributed by atoms with Gasteiger partial charge in [-0.05, 0) is 26.8 Å². The van der Waals surface area contributed by atoms with E-state index in [2.05, 4.69) is 0 Å². The fraction of sp³-hybridized carbons (Fsp3) is 0.500. The van der Waals surface area contributed by atoms with Gasteiger partial charge in [-0.3, -0.25) is 10.1 Å². The minimum absolute atomic E-state index is 0.0747. The third kappa shape index (κ3) is 2.30. The highest BCUT2D eigenvalue weighted by atomic mass is 16.7. The molecule has 5 heteroatoms. The van der Waals surface area contributed by atoms with E-state index in [1.165, 1.54) is 6.07 Å². The molecule has 1 aromatic rings. The van der Waals surface area contributed by atoms with Crippen LogP contribution < -0.4 is 0 Å². The Morgan fingerprint density at radius 1 is 1.29 bits per heavy atom. The summed E-state index contributed by atoms with van der Waals surface area (Å²) in [4.78, 5) is 10.6. The number of ether oxygens (including phenoxy) is 2. The molecule has 92 valence electrons. The number of rotatable bonds is 2. The highest BCUT2D eigenvalue weighted by Crippen LogP contribution is 2.40. The second-order valence-corrected chi connectivity index (χ2v) is 4.58. The van der Waals surface area contributed by atoms with Crippen molar-refractivity contribution >= 4 is 5.69 Å². The Bertz CT molecular complexity index is 444. The molecule has 0 aromatic heterocycles. The molecule has 0 bridgehead atoms. The molecule has 1 saturated heterocycles. The number of nitrogens with zero attached hydrogens (tertiary/aromatic N) is 1. The van der Waals surface area contributed by atoms with Crippen LogP contribution in [0, 0.1) is 10.1 Å². The van der Waals surface area contributed by atoms with Crippen molar-refractivity contribution < 1.29 is 14.4 Å². The summed E-state index contributed by atoms with van der Waals surface area (Å²) in [6.07, 6.45) is -0.599. The third-order valence-corrected chi connectivity index (χ3v) is 2.75. The molecule has 1 fully saturated rings. The molecule has 1 aliphatic rings. The van der Waals surface area contributed by atoms with Crippen LogP contribution in [0.3, 0.4) is 0 Å². The summed E-state index contributed by atoms with van der Waals surface area (Å²) in [6, 6.07) is 6.61. The van der Waals surface area contributed by atoms with Crippen molar-refractivity contribution in [2.24, 2.45) is 0 Å². The fourth-order valence-electron chi connectivity index (χ4n) is 2.15. The van der Waals surface area contributed by atoms with Crippen LogP contribution in [0.25, 0.3) is 0 Å².